The van der Waals surface area contributed by atoms with Crippen LogP contribution in [0, 0.1) is 0 Å². The smallest absolute Gasteiger partial charge is 0.265 e. The van der Waals surface area contributed by atoms with E-state index in [1.807, 2.05) is 0 Å². The lowest BCUT2D eigenvalue weighted by Gasteiger charge is -2.00. The molecule has 3 rings (SSSR count). The highest BCUT2D eigenvalue weighted by Gasteiger charge is 2.19. The van der Waals surface area contributed by atoms with Crippen LogP contribution in [0.3, 0.4) is 0 Å². The minimum absolute atomic E-state index is 0.0357. The fraction of sp³-hybridized carbons (Fsp3) is 0.0833. The second-order valence-corrected chi connectivity index (χ2v) is 3.96. The van der Waals surface area contributed by atoms with Gasteiger partial charge in [-0.2, -0.15) is 4.98 Å². The van der Waals surface area contributed by atoms with Crippen LogP contribution >= 0.6 is 0 Å². The van der Waals surface area contributed by atoms with Crippen molar-refractivity contribution in [2.45, 2.75) is 0 Å². The van der Waals surface area contributed by atoms with E-state index in [2.05, 4.69) is 15.1 Å². The summed E-state index contributed by atoms with van der Waals surface area (Å²) in [5.74, 6) is 0.591. The predicted molar refractivity (Wildman–Crippen MR) is 65.3 cm³/mol. The Morgan fingerprint density at radius 2 is 1.95 bits per heavy atom. The monoisotopic (exact) mass is 258 g/mol. The number of benzene rings is 1. The van der Waals surface area contributed by atoms with Crippen LogP contribution in [0.2, 0.25) is 0 Å². The summed E-state index contributed by atoms with van der Waals surface area (Å²) in [5.41, 5.74) is 0.107. The lowest BCUT2D eigenvalue weighted by Crippen LogP contribution is -1.92. The van der Waals surface area contributed by atoms with Crippen molar-refractivity contribution in [2.24, 2.45) is 7.05 Å². The van der Waals surface area contributed by atoms with Gasteiger partial charge in [-0.1, -0.05) is 11.2 Å². The van der Waals surface area contributed by atoms with Crippen molar-refractivity contribution in [3.05, 3.63) is 30.6 Å². The summed E-state index contributed by atoms with van der Waals surface area (Å²) < 4.78 is 6.79. The van der Waals surface area contributed by atoms with Crippen molar-refractivity contribution in [1.82, 2.24) is 19.7 Å². The molecule has 0 bridgehead atoms. The van der Waals surface area contributed by atoms with Crippen LogP contribution in [-0.2, 0) is 7.05 Å². The van der Waals surface area contributed by atoms with Gasteiger partial charge in [-0.15, -0.1) is 0 Å². The summed E-state index contributed by atoms with van der Waals surface area (Å²) in [6.45, 7) is 0. The summed E-state index contributed by atoms with van der Waals surface area (Å²) in [6.07, 6.45) is 3.37. The molecule has 0 aliphatic carbocycles. The molecule has 7 heteroatoms. The Kier molecular flexibility index (Phi) is 2.45. The maximum Gasteiger partial charge on any atom is 0.265 e. The molecule has 7 nitrogen and oxygen atoms in total. The highest BCUT2D eigenvalue weighted by Crippen LogP contribution is 2.36. The molecule has 0 aliphatic heterocycles. The van der Waals surface area contributed by atoms with Gasteiger partial charge in [-0.05, 0) is 12.1 Å². The fourth-order valence-electron chi connectivity index (χ4n) is 1.74. The number of aryl methyl sites for hydroxylation is 1. The van der Waals surface area contributed by atoms with E-state index in [1.54, 1.807) is 24.0 Å². The summed E-state index contributed by atoms with van der Waals surface area (Å²) in [7, 11) is 1.80. The average molecular weight is 258 g/mol. The Morgan fingerprint density at radius 3 is 2.58 bits per heavy atom. The number of phenols is 2. The van der Waals surface area contributed by atoms with E-state index in [0.717, 1.165) is 0 Å². The van der Waals surface area contributed by atoms with Crippen LogP contribution in [-0.4, -0.2) is 29.9 Å². The van der Waals surface area contributed by atoms with Gasteiger partial charge in [-0.3, -0.25) is 0 Å². The van der Waals surface area contributed by atoms with Crippen LogP contribution < -0.4 is 0 Å². The molecule has 96 valence electrons. The van der Waals surface area contributed by atoms with Gasteiger partial charge >= 0.3 is 0 Å². The summed E-state index contributed by atoms with van der Waals surface area (Å²) in [6, 6.07) is 4.38. The molecule has 1 aromatic carbocycles. The summed E-state index contributed by atoms with van der Waals surface area (Å²) >= 11 is 0. The first-order valence-corrected chi connectivity index (χ1v) is 5.49. The molecule has 2 aromatic heterocycles. The van der Waals surface area contributed by atoms with Gasteiger partial charge in [-0.25, -0.2) is 4.98 Å². The third-order valence-electron chi connectivity index (χ3n) is 2.68. The molecule has 3 aromatic rings. The van der Waals surface area contributed by atoms with Crippen molar-refractivity contribution in [1.29, 1.82) is 0 Å². The molecule has 0 aliphatic rings. The zero-order valence-corrected chi connectivity index (χ0v) is 9.98. The van der Waals surface area contributed by atoms with Gasteiger partial charge in [0.15, 0.2) is 5.82 Å². The summed E-state index contributed by atoms with van der Waals surface area (Å²) in [4.78, 5) is 8.22. The Morgan fingerprint density at radius 1 is 1.21 bits per heavy atom. The van der Waals surface area contributed by atoms with Gasteiger partial charge in [0.05, 0.1) is 0 Å². The molecule has 0 amide bonds. The van der Waals surface area contributed by atoms with E-state index >= 15 is 0 Å². The molecular formula is C12H10N4O3. The van der Waals surface area contributed by atoms with Crippen LogP contribution in [0.1, 0.15) is 0 Å². The van der Waals surface area contributed by atoms with E-state index in [4.69, 9.17) is 4.52 Å². The minimum atomic E-state index is -0.130. The number of imidazole rings is 1. The highest BCUT2D eigenvalue weighted by atomic mass is 16.5. The van der Waals surface area contributed by atoms with Gasteiger partial charge < -0.3 is 19.3 Å². The van der Waals surface area contributed by atoms with Gasteiger partial charge in [0.1, 0.15) is 17.1 Å². The second-order valence-electron chi connectivity index (χ2n) is 3.96. The molecule has 0 unspecified atom stereocenters. The normalized spacial score (nSPS) is 10.8. The Bertz CT molecular complexity index is 712. The molecule has 2 heterocycles. The number of aromatic nitrogens is 4. The van der Waals surface area contributed by atoms with E-state index in [-0.39, 0.29) is 28.8 Å². The van der Waals surface area contributed by atoms with E-state index < -0.39 is 0 Å². The van der Waals surface area contributed by atoms with Crippen LogP contribution in [0.4, 0.5) is 0 Å². The quantitative estimate of drug-likeness (QED) is 0.723. The Labute approximate surface area is 107 Å². The van der Waals surface area contributed by atoms with Crippen molar-refractivity contribution in [3.8, 4) is 34.6 Å². The van der Waals surface area contributed by atoms with Crippen molar-refractivity contribution >= 4 is 0 Å². The Balaban J connectivity index is 2.10. The molecule has 0 atom stereocenters. The highest BCUT2D eigenvalue weighted by molar-refractivity contribution is 5.70. The lowest BCUT2D eigenvalue weighted by molar-refractivity contribution is 0.415. The largest absolute Gasteiger partial charge is 0.507 e. The summed E-state index contributed by atoms with van der Waals surface area (Å²) in [5, 5.41) is 23.2. The standard InChI is InChI=1S/C12H10N4O3/c1-16-6-5-13-11(16)10-14-12(19-15-10)9-7(17)3-2-4-8(9)18/h2-6,17-18H,1H3. The van der Waals surface area contributed by atoms with Crippen molar-refractivity contribution < 1.29 is 14.7 Å². The molecule has 2 N–H and O–H groups in total. The zero-order chi connectivity index (χ0) is 13.4. The van der Waals surface area contributed by atoms with Crippen LogP contribution in [0.25, 0.3) is 23.1 Å². The second kappa shape index (κ2) is 4.13. The fourth-order valence-corrected chi connectivity index (χ4v) is 1.74. The van der Waals surface area contributed by atoms with Crippen LogP contribution in [0.5, 0.6) is 11.5 Å². The number of aromatic hydroxyl groups is 2. The molecule has 0 saturated carbocycles. The molecule has 19 heavy (non-hydrogen) atoms. The van der Waals surface area contributed by atoms with Crippen molar-refractivity contribution in [3.63, 3.8) is 0 Å². The third-order valence-corrected chi connectivity index (χ3v) is 2.68. The molecule has 0 fully saturated rings. The van der Waals surface area contributed by atoms with Crippen LogP contribution in [0.15, 0.2) is 35.1 Å². The topological polar surface area (TPSA) is 97.2 Å². The molecule has 0 radical (unpaired) electrons. The number of phenolic OH excluding ortho intramolecular Hbond substituents is 2. The molecule has 0 saturated heterocycles. The molecular weight excluding hydrogens is 248 g/mol. The lowest BCUT2D eigenvalue weighted by atomic mass is 10.2. The van der Waals surface area contributed by atoms with Gasteiger partial charge in [0.25, 0.3) is 5.89 Å². The van der Waals surface area contributed by atoms with E-state index in [1.165, 1.54) is 18.2 Å². The number of rotatable bonds is 2. The minimum Gasteiger partial charge on any atom is -0.507 e. The maximum atomic E-state index is 9.73. The molecule has 0 spiro atoms. The maximum absolute atomic E-state index is 9.73. The first-order chi connectivity index (χ1) is 9.16. The zero-order valence-electron chi connectivity index (χ0n) is 9.98. The Hall–Kier alpha value is -2.83. The first-order valence-electron chi connectivity index (χ1n) is 5.49. The first kappa shape index (κ1) is 11.3. The van der Waals surface area contributed by atoms with E-state index in [0.29, 0.717) is 5.82 Å². The number of nitrogens with zero attached hydrogens (tertiary/aromatic N) is 4. The predicted octanol–water partition coefficient (Wildman–Crippen LogP) is 1.55. The van der Waals surface area contributed by atoms with Crippen molar-refractivity contribution in [2.75, 3.05) is 0 Å². The average Bonchev–Trinajstić information content (AvgIpc) is 2.98. The van der Waals surface area contributed by atoms with Gasteiger partial charge in [0, 0.05) is 19.4 Å². The SMILES string of the molecule is Cn1ccnc1-c1noc(-c2c(O)cccc2O)n1. The van der Waals surface area contributed by atoms with Gasteiger partial charge in [0.2, 0.25) is 5.82 Å². The third kappa shape index (κ3) is 1.81. The number of hydrogen-bond acceptors (Lipinski definition) is 6. The number of hydrogen-bond donors (Lipinski definition) is 2. The van der Waals surface area contributed by atoms with E-state index in [9.17, 15) is 10.2 Å².